The largest absolute Gasteiger partial charge is 0.469 e. The van der Waals surface area contributed by atoms with Crippen molar-refractivity contribution in [3.8, 4) is 0 Å². The molecule has 0 heterocycles. The minimum Gasteiger partial charge on any atom is -0.469 e. The van der Waals surface area contributed by atoms with E-state index in [1.807, 2.05) is 0 Å². The predicted octanol–water partition coefficient (Wildman–Crippen LogP) is 2.96. The average molecular weight is 426 g/mol. The molecule has 1 aromatic rings. The first-order chi connectivity index (χ1) is 14.4. The summed E-state index contributed by atoms with van der Waals surface area (Å²) in [6.07, 6.45) is 12.2. The van der Waals surface area contributed by atoms with Gasteiger partial charge >= 0.3 is 11.9 Å². The molecular formula is C23H22O6S. The second kappa shape index (κ2) is 9.09. The van der Waals surface area contributed by atoms with E-state index in [2.05, 4.69) is 0 Å². The molecule has 2 atom stereocenters. The number of hydrogen-bond acceptors (Lipinski definition) is 6. The SMILES string of the molecule is COC(=O)C1=C2C=CC=CC=C2C=C[C@@H](CS(=O)(=O)c2ccccc2)[C@H]1C(=O)OC. The summed E-state index contributed by atoms with van der Waals surface area (Å²) in [7, 11) is -1.30. The van der Waals surface area contributed by atoms with Crippen molar-refractivity contribution < 1.29 is 27.5 Å². The number of carbonyl (C=O) groups excluding carboxylic acids is 2. The van der Waals surface area contributed by atoms with E-state index in [0.717, 1.165) is 0 Å². The van der Waals surface area contributed by atoms with E-state index in [4.69, 9.17) is 9.47 Å². The number of esters is 2. The van der Waals surface area contributed by atoms with Gasteiger partial charge in [-0.3, -0.25) is 4.79 Å². The van der Waals surface area contributed by atoms with Crippen LogP contribution in [0.2, 0.25) is 0 Å². The Balaban J connectivity index is 2.17. The van der Waals surface area contributed by atoms with Crippen LogP contribution in [0.25, 0.3) is 0 Å². The predicted molar refractivity (Wildman–Crippen MR) is 112 cm³/mol. The van der Waals surface area contributed by atoms with Gasteiger partial charge in [0, 0.05) is 5.92 Å². The van der Waals surface area contributed by atoms with Crippen molar-refractivity contribution in [2.45, 2.75) is 4.90 Å². The van der Waals surface area contributed by atoms with E-state index in [9.17, 15) is 18.0 Å². The molecule has 6 nitrogen and oxygen atoms in total. The molecule has 0 amide bonds. The average Bonchev–Trinajstić information content (AvgIpc) is 3.06. The van der Waals surface area contributed by atoms with Crippen molar-refractivity contribution in [1.82, 2.24) is 0 Å². The highest BCUT2D eigenvalue weighted by Crippen LogP contribution is 2.36. The van der Waals surface area contributed by atoms with Crippen LogP contribution >= 0.6 is 0 Å². The van der Waals surface area contributed by atoms with Crippen molar-refractivity contribution in [3.63, 3.8) is 0 Å². The quantitative estimate of drug-likeness (QED) is 0.673. The minimum atomic E-state index is -3.73. The van der Waals surface area contributed by atoms with Crippen LogP contribution in [0.3, 0.4) is 0 Å². The molecular weight excluding hydrogens is 404 g/mol. The number of benzene rings is 1. The molecule has 0 saturated carbocycles. The first-order valence-corrected chi connectivity index (χ1v) is 11.0. The zero-order valence-electron chi connectivity index (χ0n) is 16.6. The number of carbonyl (C=O) groups is 2. The summed E-state index contributed by atoms with van der Waals surface area (Å²) in [4.78, 5) is 25.7. The van der Waals surface area contributed by atoms with Crippen LogP contribution in [-0.4, -0.2) is 40.3 Å². The lowest BCUT2D eigenvalue weighted by Crippen LogP contribution is -2.34. The van der Waals surface area contributed by atoms with Crippen LogP contribution in [0.5, 0.6) is 0 Å². The molecule has 0 aliphatic heterocycles. The second-order valence-electron chi connectivity index (χ2n) is 6.80. The molecule has 0 saturated heterocycles. The van der Waals surface area contributed by atoms with E-state index >= 15 is 0 Å². The Kier molecular flexibility index (Phi) is 6.52. The minimum absolute atomic E-state index is 0.0776. The maximum atomic E-state index is 13.0. The molecule has 0 N–H and O–H groups in total. The molecule has 0 unspecified atom stereocenters. The number of ether oxygens (including phenoxy) is 2. The number of sulfone groups is 1. The van der Waals surface area contributed by atoms with Crippen molar-refractivity contribution >= 4 is 21.8 Å². The van der Waals surface area contributed by atoms with Crippen LogP contribution in [0, 0.1) is 11.8 Å². The molecule has 1 aromatic carbocycles. The summed E-state index contributed by atoms with van der Waals surface area (Å²) >= 11 is 0. The number of methoxy groups -OCH3 is 2. The van der Waals surface area contributed by atoms with Crippen LogP contribution in [0.15, 0.2) is 94.5 Å². The highest BCUT2D eigenvalue weighted by molar-refractivity contribution is 7.91. The number of allylic oxidation sites excluding steroid dienone is 9. The van der Waals surface area contributed by atoms with Gasteiger partial charge in [-0.25, -0.2) is 13.2 Å². The van der Waals surface area contributed by atoms with Gasteiger partial charge < -0.3 is 9.47 Å². The zero-order chi connectivity index (χ0) is 21.7. The second-order valence-corrected chi connectivity index (χ2v) is 8.84. The molecule has 0 aromatic heterocycles. The normalized spacial score (nSPS) is 20.7. The first kappa shape index (κ1) is 21.5. The van der Waals surface area contributed by atoms with Crippen molar-refractivity contribution in [3.05, 3.63) is 89.6 Å². The summed E-state index contributed by atoms with van der Waals surface area (Å²) in [5.74, 6) is -3.74. The Bertz CT molecular complexity index is 1090. The first-order valence-electron chi connectivity index (χ1n) is 9.30. The van der Waals surface area contributed by atoms with E-state index in [1.165, 1.54) is 26.4 Å². The Morgan fingerprint density at radius 2 is 1.70 bits per heavy atom. The Labute approximate surface area is 175 Å². The van der Waals surface area contributed by atoms with Gasteiger partial charge in [0.25, 0.3) is 0 Å². The maximum absolute atomic E-state index is 13.0. The lowest BCUT2D eigenvalue weighted by atomic mass is 9.84. The fourth-order valence-corrected chi connectivity index (χ4v) is 5.14. The van der Waals surface area contributed by atoms with Gasteiger partial charge in [-0.1, -0.05) is 60.7 Å². The molecule has 2 aliphatic carbocycles. The van der Waals surface area contributed by atoms with E-state index in [1.54, 1.807) is 60.7 Å². The summed E-state index contributed by atoms with van der Waals surface area (Å²) in [6, 6.07) is 8.00. The van der Waals surface area contributed by atoms with Crippen LogP contribution in [0.4, 0.5) is 0 Å². The molecule has 0 spiro atoms. The van der Waals surface area contributed by atoms with E-state index < -0.39 is 33.6 Å². The fraction of sp³-hybridized carbons (Fsp3) is 0.217. The fourth-order valence-electron chi connectivity index (χ4n) is 3.57. The molecule has 0 radical (unpaired) electrons. The van der Waals surface area contributed by atoms with Gasteiger partial charge in [-0.2, -0.15) is 0 Å². The number of rotatable bonds is 5. The van der Waals surface area contributed by atoms with Gasteiger partial charge in [0.2, 0.25) is 0 Å². The number of hydrogen-bond donors (Lipinski definition) is 0. The third-order valence-corrected chi connectivity index (χ3v) is 6.81. The lowest BCUT2D eigenvalue weighted by molar-refractivity contribution is -0.148. The molecule has 0 bridgehead atoms. The summed E-state index contributed by atoms with van der Waals surface area (Å²) < 4.78 is 36.0. The highest BCUT2D eigenvalue weighted by Gasteiger charge is 2.41. The third-order valence-electron chi connectivity index (χ3n) is 5.00. The van der Waals surface area contributed by atoms with Gasteiger partial charge in [0.15, 0.2) is 9.84 Å². The van der Waals surface area contributed by atoms with Gasteiger partial charge in [0.1, 0.15) is 0 Å². The smallest absolute Gasteiger partial charge is 0.335 e. The third kappa shape index (κ3) is 4.36. The summed E-state index contributed by atoms with van der Waals surface area (Å²) in [5, 5.41) is 0. The molecule has 2 aliphatic rings. The Hall–Kier alpha value is -3.19. The zero-order valence-corrected chi connectivity index (χ0v) is 17.5. The van der Waals surface area contributed by atoms with Crippen molar-refractivity contribution in [2.24, 2.45) is 11.8 Å². The molecule has 0 fully saturated rings. The molecule has 156 valence electrons. The Morgan fingerprint density at radius 1 is 0.967 bits per heavy atom. The standard InChI is InChI=1S/C23H22O6S/c1-28-22(24)20-17(15-30(26,27)18-10-6-4-7-11-18)14-13-16-9-5-3-8-12-19(16)21(20)23(25)29-2/h3-14,17,20H,15H2,1-2H3/t17-,20+/m0/s1. The number of fused-ring (bicyclic) bond motifs is 1. The summed E-state index contributed by atoms with van der Waals surface area (Å²) in [6.45, 7) is 0. The van der Waals surface area contributed by atoms with Gasteiger partial charge in [-0.05, 0) is 23.3 Å². The Morgan fingerprint density at radius 3 is 2.37 bits per heavy atom. The highest BCUT2D eigenvalue weighted by atomic mass is 32.2. The van der Waals surface area contributed by atoms with Crippen LogP contribution in [-0.2, 0) is 28.9 Å². The van der Waals surface area contributed by atoms with Gasteiger partial charge in [0.05, 0.1) is 36.4 Å². The topological polar surface area (TPSA) is 86.7 Å². The molecule has 7 heteroatoms. The van der Waals surface area contributed by atoms with Crippen molar-refractivity contribution in [1.29, 1.82) is 0 Å². The molecule has 30 heavy (non-hydrogen) atoms. The van der Waals surface area contributed by atoms with Gasteiger partial charge in [-0.15, -0.1) is 0 Å². The maximum Gasteiger partial charge on any atom is 0.335 e. The van der Waals surface area contributed by atoms with E-state index in [0.29, 0.717) is 11.1 Å². The summed E-state index contributed by atoms with van der Waals surface area (Å²) in [5.41, 5.74) is 1.25. The van der Waals surface area contributed by atoms with Crippen molar-refractivity contribution in [2.75, 3.05) is 20.0 Å². The van der Waals surface area contributed by atoms with E-state index in [-0.39, 0.29) is 16.2 Å². The molecule has 3 rings (SSSR count). The van der Waals surface area contributed by atoms with Crippen LogP contribution in [0.1, 0.15) is 0 Å². The monoisotopic (exact) mass is 426 g/mol. The van der Waals surface area contributed by atoms with Crippen LogP contribution < -0.4 is 0 Å². The lowest BCUT2D eigenvalue weighted by Gasteiger charge is -2.24.